The van der Waals surface area contributed by atoms with Crippen molar-refractivity contribution in [2.45, 2.75) is 32.4 Å². The predicted molar refractivity (Wildman–Crippen MR) is 93.4 cm³/mol. The maximum atomic E-state index is 13.8. The predicted octanol–water partition coefficient (Wildman–Crippen LogP) is 4.00. The summed E-state index contributed by atoms with van der Waals surface area (Å²) in [6, 6.07) is 11.2. The number of carbonyl (C=O) groups is 2. The highest BCUT2D eigenvalue weighted by molar-refractivity contribution is 6.30. The number of para-hydroxylation sites is 1. The Hall–Kier alpha value is -2.40. The van der Waals surface area contributed by atoms with Crippen molar-refractivity contribution in [3.05, 3.63) is 64.4 Å². The number of hydrogen-bond acceptors (Lipinski definition) is 3. The van der Waals surface area contributed by atoms with Crippen molar-refractivity contribution >= 4 is 29.2 Å². The molecule has 6 heteroatoms. The maximum absolute atomic E-state index is 13.8. The Morgan fingerprint density at radius 3 is 2.76 bits per heavy atom. The Labute approximate surface area is 150 Å². The SMILES string of the molecule is C[C@@H]1Cc2ccccc2N1C(=O)[C@@H](C)OC(=O)c1cc(Cl)ccc1F. The number of hydrogen-bond donors (Lipinski definition) is 0. The van der Waals surface area contributed by atoms with Crippen LogP contribution >= 0.6 is 11.6 Å². The van der Waals surface area contributed by atoms with Gasteiger partial charge in [-0.1, -0.05) is 29.8 Å². The Morgan fingerprint density at radius 2 is 2.00 bits per heavy atom. The van der Waals surface area contributed by atoms with E-state index in [4.69, 9.17) is 16.3 Å². The topological polar surface area (TPSA) is 46.6 Å². The summed E-state index contributed by atoms with van der Waals surface area (Å²) in [4.78, 5) is 26.6. The molecule has 1 amide bonds. The first kappa shape index (κ1) is 17.4. The smallest absolute Gasteiger partial charge is 0.341 e. The molecule has 130 valence electrons. The third-order valence-electron chi connectivity index (χ3n) is 4.22. The molecular formula is C19H17ClFNO3. The number of anilines is 1. The van der Waals surface area contributed by atoms with Crippen LogP contribution < -0.4 is 4.90 Å². The summed E-state index contributed by atoms with van der Waals surface area (Å²) >= 11 is 5.79. The van der Waals surface area contributed by atoms with Gasteiger partial charge in [0.25, 0.3) is 5.91 Å². The van der Waals surface area contributed by atoms with Crippen LogP contribution in [-0.2, 0) is 16.0 Å². The molecule has 0 bridgehead atoms. The Bertz CT molecular complexity index is 839. The highest BCUT2D eigenvalue weighted by atomic mass is 35.5. The fraction of sp³-hybridized carbons (Fsp3) is 0.263. The average Bonchev–Trinajstić information content (AvgIpc) is 2.91. The first-order valence-corrected chi connectivity index (χ1v) is 8.33. The zero-order chi connectivity index (χ0) is 18.1. The van der Waals surface area contributed by atoms with Gasteiger partial charge in [0.05, 0.1) is 5.56 Å². The molecule has 0 saturated carbocycles. The summed E-state index contributed by atoms with van der Waals surface area (Å²) < 4.78 is 19.0. The number of halogens is 2. The summed E-state index contributed by atoms with van der Waals surface area (Å²) in [5.74, 6) is -2.00. The van der Waals surface area contributed by atoms with Gasteiger partial charge in [-0.3, -0.25) is 4.79 Å². The van der Waals surface area contributed by atoms with Crippen LogP contribution in [0.5, 0.6) is 0 Å². The van der Waals surface area contributed by atoms with E-state index < -0.39 is 17.9 Å². The molecular weight excluding hydrogens is 345 g/mol. The number of rotatable bonds is 3. The minimum atomic E-state index is -1.04. The molecule has 2 aromatic rings. The van der Waals surface area contributed by atoms with Crippen molar-refractivity contribution in [2.75, 3.05) is 4.90 Å². The van der Waals surface area contributed by atoms with Crippen molar-refractivity contribution in [3.63, 3.8) is 0 Å². The lowest BCUT2D eigenvalue weighted by molar-refractivity contribution is -0.126. The molecule has 4 nitrogen and oxygen atoms in total. The third kappa shape index (κ3) is 3.37. The van der Waals surface area contributed by atoms with Gasteiger partial charge in [-0.2, -0.15) is 0 Å². The van der Waals surface area contributed by atoms with E-state index in [2.05, 4.69) is 0 Å². The van der Waals surface area contributed by atoms with E-state index in [-0.39, 0.29) is 22.5 Å². The van der Waals surface area contributed by atoms with Gasteiger partial charge in [0.2, 0.25) is 0 Å². The minimum Gasteiger partial charge on any atom is -0.449 e. The van der Waals surface area contributed by atoms with Gasteiger partial charge in [0, 0.05) is 16.8 Å². The van der Waals surface area contributed by atoms with E-state index in [1.165, 1.54) is 19.1 Å². The molecule has 1 heterocycles. The molecule has 0 fully saturated rings. The number of nitrogens with zero attached hydrogens (tertiary/aromatic N) is 1. The van der Waals surface area contributed by atoms with Crippen LogP contribution in [-0.4, -0.2) is 24.0 Å². The number of fused-ring (bicyclic) bond motifs is 1. The molecule has 1 aliphatic heterocycles. The zero-order valence-electron chi connectivity index (χ0n) is 13.8. The summed E-state index contributed by atoms with van der Waals surface area (Å²) in [6.45, 7) is 3.42. The van der Waals surface area contributed by atoms with E-state index in [1.54, 1.807) is 4.90 Å². The number of carbonyl (C=O) groups excluding carboxylic acids is 2. The molecule has 0 unspecified atom stereocenters. The van der Waals surface area contributed by atoms with Crippen molar-refractivity contribution in [1.82, 2.24) is 0 Å². The molecule has 0 spiro atoms. The summed E-state index contributed by atoms with van der Waals surface area (Å²) in [5, 5.41) is 0.217. The third-order valence-corrected chi connectivity index (χ3v) is 4.46. The first-order valence-electron chi connectivity index (χ1n) is 7.95. The second-order valence-corrected chi connectivity index (χ2v) is 6.50. The quantitative estimate of drug-likeness (QED) is 0.776. The maximum Gasteiger partial charge on any atom is 0.341 e. The highest BCUT2D eigenvalue weighted by Gasteiger charge is 2.34. The van der Waals surface area contributed by atoms with Gasteiger partial charge in [-0.05, 0) is 50.1 Å². The molecule has 2 aromatic carbocycles. The standard InChI is InChI=1S/C19H17ClFNO3/c1-11-9-13-5-3-4-6-17(13)22(11)18(23)12(2)25-19(24)15-10-14(20)7-8-16(15)21/h3-8,10-12H,9H2,1-2H3/t11-,12-/m1/s1. The van der Waals surface area contributed by atoms with E-state index >= 15 is 0 Å². The van der Waals surface area contributed by atoms with Crippen LogP contribution in [0.4, 0.5) is 10.1 Å². The van der Waals surface area contributed by atoms with Crippen LogP contribution in [0.25, 0.3) is 0 Å². The number of benzene rings is 2. The van der Waals surface area contributed by atoms with E-state index in [1.807, 2.05) is 31.2 Å². The van der Waals surface area contributed by atoms with Crippen LogP contribution in [0, 0.1) is 5.82 Å². The van der Waals surface area contributed by atoms with Crippen LogP contribution in [0.3, 0.4) is 0 Å². The average molecular weight is 362 g/mol. The molecule has 0 radical (unpaired) electrons. The molecule has 0 N–H and O–H groups in total. The summed E-state index contributed by atoms with van der Waals surface area (Å²) in [5.41, 5.74) is 1.60. The molecule has 25 heavy (non-hydrogen) atoms. The van der Waals surface area contributed by atoms with Gasteiger partial charge in [-0.25, -0.2) is 9.18 Å². The molecule has 0 aliphatic carbocycles. The molecule has 0 saturated heterocycles. The van der Waals surface area contributed by atoms with Crippen molar-refractivity contribution in [2.24, 2.45) is 0 Å². The van der Waals surface area contributed by atoms with Crippen LogP contribution in [0.15, 0.2) is 42.5 Å². The molecule has 3 rings (SSSR count). The zero-order valence-corrected chi connectivity index (χ0v) is 14.6. The molecule has 0 aromatic heterocycles. The first-order chi connectivity index (χ1) is 11.9. The highest BCUT2D eigenvalue weighted by Crippen LogP contribution is 2.32. The van der Waals surface area contributed by atoms with Gasteiger partial charge < -0.3 is 9.64 Å². The van der Waals surface area contributed by atoms with Crippen molar-refractivity contribution < 1.29 is 18.7 Å². The Kier molecular flexibility index (Phi) is 4.77. The Morgan fingerprint density at radius 1 is 1.28 bits per heavy atom. The van der Waals surface area contributed by atoms with Gasteiger partial charge in [0.1, 0.15) is 5.82 Å². The monoisotopic (exact) mass is 361 g/mol. The number of ether oxygens (including phenoxy) is 1. The van der Waals surface area contributed by atoms with Crippen molar-refractivity contribution in [1.29, 1.82) is 0 Å². The van der Waals surface area contributed by atoms with E-state index in [0.717, 1.165) is 23.7 Å². The second-order valence-electron chi connectivity index (χ2n) is 6.06. The molecule has 2 atom stereocenters. The van der Waals surface area contributed by atoms with Crippen molar-refractivity contribution in [3.8, 4) is 0 Å². The second kappa shape index (κ2) is 6.84. The van der Waals surface area contributed by atoms with Gasteiger partial charge >= 0.3 is 5.97 Å². The fourth-order valence-corrected chi connectivity index (χ4v) is 3.20. The summed E-state index contributed by atoms with van der Waals surface area (Å²) in [7, 11) is 0. The molecule has 1 aliphatic rings. The largest absolute Gasteiger partial charge is 0.449 e. The minimum absolute atomic E-state index is 0.0334. The summed E-state index contributed by atoms with van der Waals surface area (Å²) in [6.07, 6.45) is -0.301. The van der Waals surface area contributed by atoms with Crippen LogP contribution in [0.2, 0.25) is 5.02 Å². The van der Waals surface area contributed by atoms with E-state index in [0.29, 0.717) is 0 Å². The lowest BCUT2D eigenvalue weighted by atomic mass is 10.1. The van der Waals surface area contributed by atoms with Crippen LogP contribution in [0.1, 0.15) is 29.8 Å². The van der Waals surface area contributed by atoms with Gasteiger partial charge in [0.15, 0.2) is 6.10 Å². The van der Waals surface area contributed by atoms with Gasteiger partial charge in [-0.15, -0.1) is 0 Å². The lowest BCUT2D eigenvalue weighted by Crippen LogP contribution is -2.43. The number of amides is 1. The number of esters is 1. The normalized spacial score (nSPS) is 17.1. The fourth-order valence-electron chi connectivity index (χ4n) is 3.03. The Balaban J connectivity index is 1.77. The van der Waals surface area contributed by atoms with E-state index in [9.17, 15) is 14.0 Å². The lowest BCUT2D eigenvalue weighted by Gasteiger charge is -2.26.